The molecular weight excluding hydrogens is 244 g/mol. The Labute approximate surface area is 90.0 Å². The standard InChI is InChI=1S/C6H16N2O5S2/c7-3-1-5-14(9,10)13-15(11,12)6-2-4-8/h1-8H2. The summed E-state index contributed by atoms with van der Waals surface area (Å²) in [6, 6.07) is 0. The summed E-state index contributed by atoms with van der Waals surface area (Å²) >= 11 is 0. The van der Waals surface area contributed by atoms with Gasteiger partial charge in [-0.25, -0.2) is 0 Å². The van der Waals surface area contributed by atoms with Gasteiger partial charge in [0.25, 0.3) is 20.2 Å². The lowest BCUT2D eigenvalue weighted by Gasteiger charge is -2.04. The highest BCUT2D eigenvalue weighted by molar-refractivity contribution is 7.99. The first-order valence-electron chi connectivity index (χ1n) is 4.39. The molecule has 0 saturated heterocycles. The molecule has 0 atom stereocenters. The van der Waals surface area contributed by atoms with Crippen molar-refractivity contribution in [2.24, 2.45) is 11.5 Å². The van der Waals surface area contributed by atoms with Crippen LogP contribution in [0, 0.1) is 0 Å². The zero-order chi connectivity index (χ0) is 11.9. The van der Waals surface area contributed by atoms with Gasteiger partial charge in [0.2, 0.25) is 0 Å². The summed E-state index contributed by atoms with van der Waals surface area (Å²) < 4.78 is 48.4. The van der Waals surface area contributed by atoms with Gasteiger partial charge in [0, 0.05) is 0 Å². The second kappa shape index (κ2) is 6.38. The number of hydrogen-bond donors (Lipinski definition) is 2. The second-order valence-electron chi connectivity index (χ2n) is 2.88. The molecule has 0 aromatic rings. The minimum absolute atomic E-state index is 0.158. The Morgan fingerprint density at radius 3 is 1.40 bits per heavy atom. The second-order valence-corrected chi connectivity index (χ2v) is 6.47. The molecule has 0 bridgehead atoms. The highest BCUT2D eigenvalue weighted by Gasteiger charge is 2.21. The van der Waals surface area contributed by atoms with E-state index < -0.39 is 31.7 Å². The third-order valence-electron chi connectivity index (χ3n) is 1.40. The van der Waals surface area contributed by atoms with Crippen molar-refractivity contribution in [3.63, 3.8) is 0 Å². The lowest BCUT2D eigenvalue weighted by molar-refractivity contribution is 0.459. The highest BCUT2D eigenvalue weighted by Crippen LogP contribution is 2.04. The average Bonchev–Trinajstić information content (AvgIpc) is 2.10. The predicted molar refractivity (Wildman–Crippen MR) is 56.0 cm³/mol. The molecule has 0 unspecified atom stereocenters. The van der Waals surface area contributed by atoms with Gasteiger partial charge in [-0.05, 0) is 25.9 Å². The van der Waals surface area contributed by atoms with E-state index in [0.717, 1.165) is 0 Å². The Kier molecular flexibility index (Phi) is 6.29. The van der Waals surface area contributed by atoms with Gasteiger partial charge in [0.15, 0.2) is 0 Å². The summed E-state index contributed by atoms with van der Waals surface area (Å²) in [5, 5.41) is 0. The van der Waals surface area contributed by atoms with E-state index in [1.54, 1.807) is 0 Å². The molecule has 0 amide bonds. The van der Waals surface area contributed by atoms with Crippen LogP contribution < -0.4 is 11.5 Å². The molecule has 0 heterocycles. The monoisotopic (exact) mass is 260 g/mol. The summed E-state index contributed by atoms with van der Waals surface area (Å²) in [5.74, 6) is -0.795. The summed E-state index contributed by atoms with van der Waals surface area (Å²) in [6.45, 7) is 0.316. The zero-order valence-corrected chi connectivity index (χ0v) is 9.89. The van der Waals surface area contributed by atoms with Gasteiger partial charge in [0.05, 0.1) is 11.5 Å². The SMILES string of the molecule is NCCCS(=O)(=O)OS(=O)(=O)CCCN. The first-order valence-corrected chi connectivity index (χ1v) is 7.55. The molecule has 0 fully saturated rings. The van der Waals surface area contributed by atoms with Crippen molar-refractivity contribution < 1.29 is 20.5 Å². The van der Waals surface area contributed by atoms with Crippen molar-refractivity contribution in [3.8, 4) is 0 Å². The lowest BCUT2D eigenvalue weighted by atomic mass is 10.5. The zero-order valence-electron chi connectivity index (χ0n) is 8.26. The van der Waals surface area contributed by atoms with Crippen LogP contribution in [0.25, 0.3) is 0 Å². The van der Waals surface area contributed by atoms with Gasteiger partial charge in [-0.15, -0.1) is 3.63 Å². The van der Waals surface area contributed by atoms with Gasteiger partial charge in [0.1, 0.15) is 0 Å². The summed E-state index contributed by atoms with van der Waals surface area (Å²) in [6.07, 6.45) is 0.323. The predicted octanol–water partition coefficient (Wildman–Crippen LogP) is -1.64. The molecule has 0 radical (unpaired) electrons. The quantitative estimate of drug-likeness (QED) is 0.535. The van der Waals surface area contributed by atoms with Crippen molar-refractivity contribution >= 4 is 20.2 Å². The molecule has 0 aromatic heterocycles. The molecule has 7 nitrogen and oxygen atoms in total. The smallest absolute Gasteiger partial charge is 0.281 e. The minimum Gasteiger partial charge on any atom is -0.330 e. The summed E-state index contributed by atoms with van der Waals surface area (Å²) in [5.41, 5.74) is 10.2. The first kappa shape index (κ1) is 14.8. The van der Waals surface area contributed by atoms with E-state index in [1.807, 2.05) is 0 Å². The van der Waals surface area contributed by atoms with Crippen molar-refractivity contribution in [2.45, 2.75) is 12.8 Å². The van der Waals surface area contributed by atoms with E-state index in [4.69, 9.17) is 11.5 Å². The van der Waals surface area contributed by atoms with Crippen LogP contribution in [0.1, 0.15) is 12.8 Å². The first-order chi connectivity index (χ1) is 6.83. The van der Waals surface area contributed by atoms with E-state index in [9.17, 15) is 16.8 Å². The van der Waals surface area contributed by atoms with E-state index in [-0.39, 0.29) is 25.9 Å². The fourth-order valence-electron chi connectivity index (χ4n) is 0.746. The largest absolute Gasteiger partial charge is 0.330 e. The molecule has 0 rings (SSSR count). The molecule has 0 spiro atoms. The van der Waals surface area contributed by atoms with E-state index >= 15 is 0 Å². The molecule has 0 aliphatic heterocycles. The maximum Gasteiger partial charge on any atom is 0.281 e. The van der Waals surface area contributed by atoms with Crippen LogP contribution in [0.15, 0.2) is 0 Å². The van der Waals surface area contributed by atoms with Crippen molar-refractivity contribution in [2.75, 3.05) is 24.6 Å². The van der Waals surface area contributed by atoms with Gasteiger partial charge >= 0.3 is 0 Å². The van der Waals surface area contributed by atoms with Crippen molar-refractivity contribution in [1.29, 1.82) is 0 Å². The summed E-state index contributed by atoms with van der Waals surface area (Å²) in [7, 11) is -8.08. The Bertz CT molecular complexity index is 325. The summed E-state index contributed by atoms with van der Waals surface area (Å²) in [4.78, 5) is 0. The Morgan fingerprint density at radius 2 is 1.13 bits per heavy atom. The van der Waals surface area contributed by atoms with Crippen LogP contribution >= 0.6 is 0 Å². The maximum atomic E-state index is 11.1. The molecule has 0 aliphatic rings. The molecule has 0 aromatic carbocycles. The van der Waals surface area contributed by atoms with Gasteiger partial charge < -0.3 is 11.5 Å². The topological polar surface area (TPSA) is 130 Å². The number of rotatable bonds is 8. The molecule has 92 valence electrons. The molecule has 0 aliphatic carbocycles. The molecule has 4 N–H and O–H groups in total. The van der Waals surface area contributed by atoms with Crippen LogP contribution in [0.5, 0.6) is 0 Å². The molecule has 0 saturated carbocycles. The molecule has 15 heavy (non-hydrogen) atoms. The van der Waals surface area contributed by atoms with Crippen LogP contribution in [0.2, 0.25) is 0 Å². The van der Waals surface area contributed by atoms with Gasteiger partial charge in [-0.2, -0.15) is 16.8 Å². The van der Waals surface area contributed by atoms with E-state index in [0.29, 0.717) is 0 Å². The van der Waals surface area contributed by atoms with E-state index in [2.05, 4.69) is 3.63 Å². The Balaban J connectivity index is 4.32. The maximum absolute atomic E-state index is 11.1. The third-order valence-corrected chi connectivity index (χ3v) is 4.64. The number of nitrogens with two attached hydrogens (primary N) is 2. The fraction of sp³-hybridized carbons (Fsp3) is 1.00. The lowest BCUT2D eigenvalue weighted by Crippen LogP contribution is -2.21. The average molecular weight is 260 g/mol. The Morgan fingerprint density at radius 1 is 0.800 bits per heavy atom. The number of hydrogen-bond acceptors (Lipinski definition) is 7. The van der Waals surface area contributed by atoms with Gasteiger partial charge in [-0.1, -0.05) is 0 Å². The van der Waals surface area contributed by atoms with Crippen LogP contribution in [0.4, 0.5) is 0 Å². The normalized spacial score (nSPS) is 12.9. The Hall–Kier alpha value is -0.220. The van der Waals surface area contributed by atoms with Crippen LogP contribution in [-0.2, 0) is 23.9 Å². The van der Waals surface area contributed by atoms with Crippen molar-refractivity contribution in [3.05, 3.63) is 0 Å². The third kappa shape index (κ3) is 7.68. The van der Waals surface area contributed by atoms with Crippen molar-refractivity contribution in [1.82, 2.24) is 0 Å². The van der Waals surface area contributed by atoms with Crippen LogP contribution in [0.3, 0.4) is 0 Å². The molecule has 9 heteroatoms. The van der Waals surface area contributed by atoms with Crippen LogP contribution in [-0.4, -0.2) is 41.4 Å². The minimum atomic E-state index is -4.04. The van der Waals surface area contributed by atoms with Gasteiger partial charge in [-0.3, -0.25) is 0 Å². The fourth-order valence-corrected chi connectivity index (χ4v) is 3.59. The molecular formula is C6H16N2O5S2. The van der Waals surface area contributed by atoms with E-state index in [1.165, 1.54) is 0 Å². The highest BCUT2D eigenvalue weighted by atomic mass is 32.3.